The SMILES string of the molecule is CC(C)Nc1cc(N2CC[C@@H](N3CCN(C)CC3)[C@H](O)C2)ncn1. The van der Waals surface area contributed by atoms with Crippen molar-refractivity contribution in [3.8, 4) is 0 Å². The lowest BCUT2D eigenvalue weighted by atomic mass is 9.99. The second-order valence-electron chi connectivity index (χ2n) is 7.27. The number of aliphatic hydroxyl groups is 1. The van der Waals surface area contributed by atoms with Crippen molar-refractivity contribution >= 4 is 11.6 Å². The number of aliphatic hydroxyl groups excluding tert-OH is 1. The van der Waals surface area contributed by atoms with Crippen LogP contribution in [0.15, 0.2) is 12.4 Å². The fourth-order valence-electron chi connectivity index (χ4n) is 3.60. The first kappa shape index (κ1) is 17.4. The van der Waals surface area contributed by atoms with Crippen LogP contribution in [0.1, 0.15) is 20.3 Å². The summed E-state index contributed by atoms with van der Waals surface area (Å²) in [4.78, 5) is 15.6. The van der Waals surface area contributed by atoms with Gasteiger partial charge in [-0.3, -0.25) is 4.90 Å². The second kappa shape index (κ2) is 7.63. The smallest absolute Gasteiger partial charge is 0.134 e. The third kappa shape index (κ3) is 4.15. The lowest BCUT2D eigenvalue weighted by Crippen LogP contribution is -2.58. The molecule has 0 amide bonds. The third-order valence-electron chi connectivity index (χ3n) is 4.97. The van der Waals surface area contributed by atoms with Gasteiger partial charge in [-0.2, -0.15) is 0 Å². The van der Waals surface area contributed by atoms with Crippen LogP contribution in [0.3, 0.4) is 0 Å². The Hall–Kier alpha value is -1.44. The van der Waals surface area contributed by atoms with E-state index in [1.54, 1.807) is 6.33 Å². The van der Waals surface area contributed by atoms with Gasteiger partial charge in [-0.1, -0.05) is 0 Å². The van der Waals surface area contributed by atoms with Crippen LogP contribution in [-0.2, 0) is 0 Å². The molecule has 0 saturated carbocycles. The van der Waals surface area contributed by atoms with Crippen LogP contribution in [-0.4, -0.2) is 89.4 Å². The summed E-state index contributed by atoms with van der Waals surface area (Å²) in [5.41, 5.74) is 0. The molecule has 2 aliphatic heterocycles. The first-order valence-electron chi connectivity index (χ1n) is 8.97. The molecule has 2 aliphatic rings. The van der Waals surface area contributed by atoms with E-state index in [0.717, 1.165) is 50.8 Å². The van der Waals surface area contributed by atoms with E-state index in [2.05, 4.69) is 50.9 Å². The normalized spacial score (nSPS) is 26.8. The molecule has 2 fully saturated rings. The van der Waals surface area contributed by atoms with E-state index in [9.17, 15) is 5.11 Å². The molecule has 134 valence electrons. The summed E-state index contributed by atoms with van der Waals surface area (Å²) in [5, 5.41) is 14.0. The maximum Gasteiger partial charge on any atom is 0.134 e. The van der Waals surface area contributed by atoms with Gasteiger partial charge in [0.2, 0.25) is 0 Å². The van der Waals surface area contributed by atoms with Crippen molar-refractivity contribution in [2.75, 3.05) is 56.5 Å². The van der Waals surface area contributed by atoms with Crippen LogP contribution in [0.25, 0.3) is 0 Å². The summed E-state index contributed by atoms with van der Waals surface area (Å²) in [7, 11) is 2.16. The molecule has 1 aromatic rings. The van der Waals surface area contributed by atoms with Gasteiger partial charge < -0.3 is 20.2 Å². The van der Waals surface area contributed by atoms with Crippen LogP contribution < -0.4 is 10.2 Å². The number of β-amino-alcohol motifs (C(OH)–C–C–N with tert-alkyl or cyclic N) is 1. The quantitative estimate of drug-likeness (QED) is 0.830. The predicted molar refractivity (Wildman–Crippen MR) is 96.5 cm³/mol. The lowest BCUT2D eigenvalue weighted by Gasteiger charge is -2.44. The molecule has 24 heavy (non-hydrogen) atoms. The van der Waals surface area contributed by atoms with E-state index < -0.39 is 0 Å². The molecular weight excluding hydrogens is 304 g/mol. The van der Waals surface area contributed by atoms with Crippen LogP contribution in [0.2, 0.25) is 0 Å². The van der Waals surface area contributed by atoms with Gasteiger partial charge in [0.1, 0.15) is 18.0 Å². The maximum absolute atomic E-state index is 10.7. The molecule has 2 saturated heterocycles. The standard InChI is InChI=1S/C17H30N6O/c1-13(2)20-16-10-17(19-12-18-16)23-5-4-14(15(24)11-23)22-8-6-21(3)7-9-22/h10,12-15,24H,4-9,11H2,1-3H3,(H,18,19,20)/t14-,15-/m1/s1. The first-order chi connectivity index (χ1) is 11.5. The average Bonchev–Trinajstić information content (AvgIpc) is 2.55. The Bertz CT molecular complexity index is 532. The van der Waals surface area contributed by atoms with Gasteiger partial charge in [0.25, 0.3) is 0 Å². The number of likely N-dealkylation sites (N-methyl/N-ethyl adjacent to an activating group) is 1. The number of nitrogens with zero attached hydrogens (tertiary/aromatic N) is 5. The number of piperazine rings is 1. The summed E-state index contributed by atoms with van der Waals surface area (Å²) in [5.74, 6) is 1.73. The molecule has 2 atom stereocenters. The molecule has 3 rings (SSSR count). The van der Waals surface area contributed by atoms with Gasteiger partial charge in [-0.15, -0.1) is 0 Å². The van der Waals surface area contributed by atoms with Crippen LogP contribution in [0.5, 0.6) is 0 Å². The number of hydrogen-bond acceptors (Lipinski definition) is 7. The number of aromatic nitrogens is 2. The Balaban J connectivity index is 1.61. The van der Waals surface area contributed by atoms with Gasteiger partial charge in [0.05, 0.1) is 6.10 Å². The van der Waals surface area contributed by atoms with Crippen molar-refractivity contribution in [3.63, 3.8) is 0 Å². The minimum Gasteiger partial charge on any atom is -0.390 e. The van der Waals surface area contributed by atoms with Crippen LogP contribution >= 0.6 is 0 Å². The Labute approximate surface area is 144 Å². The van der Waals surface area contributed by atoms with Gasteiger partial charge in [0, 0.05) is 57.4 Å². The Morgan fingerprint density at radius 1 is 1.17 bits per heavy atom. The number of anilines is 2. The summed E-state index contributed by atoms with van der Waals surface area (Å²) in [6.07, 6.45) is 2.24. The van der Waals surface area contributed by atoms with Gasteiger partial charge in [0.15, 0.2) is 0 Å². The molecule has 0 radical (unpaired) electrons. The highest BCUT2D eigenvalue weighted by Crippen LogP contribution is 2.23. The molecule has 2 N–H and O–H groups in total. The van der Waals surface area contributed by atoms with Crippen molar-refractivity contribution in [1.82, 2.24) is 19.8 Å². The largest absolute Gasteiger partial charge is 0.390 e. The highest BCUT2D eigenvalue weighted by atomic mass is 16.3. The zero-order chi connectivity index (χ0) is 17.1. The summed E-state index contributed by atoms with van der Waals surface area (Å²) < 4.78 is 0. The molecule has 0 bridgehead atoms. The molecule has 7 heteroatoms. The van der Waals surface area contributed by atoms with E-state index >= 15 is 0 Å². The third-order valence-corrected chi connectivity index (χ3v) is 4.97. The Kier molecular flexibility index (Phi) is 5.53. The van der Waals surface area contributed by atoms with Crippen molar-refractivity contribution in [3.05, 3.63) is 12.4 Å². The second-order valence-corrected chi connectivity index (χ2v) is 7.27. The van der Waals surface area contributed by atoms with Gasteiger partial charge in [-0.05, 0) is 27.3 Å². The van der Waals surface area contributed by atoms with E-state index in [1.165, 1.54) is 0 Å². The maximum atomic E-state index is 10.7. The molecule has 7 nitrogen and oxygen atoms in total. The first-order valence-corrected chi connectivity index (χ1v) is 8.97. The van der Waals surface area contributed by atoms with E-state index in [1.807, 2.05) is 6.07 Å². The van der Waals surface area contributed by atoms with Gasteiger partial charge >= 0.3 is 0 Å². The molecule has 1 aromatic heterocycles. The number of nitrogens with one attached hydrogen (secondary N) is 1. The minimum absolute atomic E-state index is 0.269. The van der Waals surface area contributed by atoms with Crippen molar-refractivity contribution in [1.29, 1.82) is 0 Å². The summed E-state index contributed by atoms with van der Waals surface area (Å²) >= 11 is 0. The summed E-state index contributed by atoms with van der Waals surface area (Å²) in [6, 6.07) is 2.58. The number of piperidine rings is 1. The highest BCUT2D eigenvalue weighted by molar-refractivity contribution is 5.49. The number of hydrogen-bond donors (Lipinski definition) is 2. The average molecular weight is 334 g/mol. The topological polar surface area (TPSA) is 67.8 Å². The van der Waals surface area contributed by atoms with Gasteiger partial charge in [-0.25, -0.2) is 9.97 Å². The zero-order valence-corrected chi connectivity index (χ0v) is 15.0. The van der Waals surface area contributed by atoms with Crippen molar-refractivity contribution in [2.24, 2.45) is 0 Å². The van der Waals surface area contributed by atoms with Crippen LogP contribution in [0.4, 0.5) is 11.6 Å². The molecule has 0 spiro atoms. The summed E-state index contributed by atoms with van der Waals surface area (Å²) in [6.45, 7) is 10.0. The Morgan fingerprint density at radius 2 is 1.92 bits per heavy atom. The molecule has 3 heterocycles. The monoisotopic (exact) mass is 334 g/mol. The Morgan fingerprint density at radius 3 is 2.58 bits per heavy atom. The predicted octanol–water partition coefficient (Wildman–Crippen LogP) is 0.484. The fraction of sp³-hybridized carbons (Fsp3) is 0.765. The zero-order valence-electron chi connectivity index (χ0n) is 15.0. The van der Waals surface area contributed by atoms with E-state index in [4.69, 9.17) is 0 Å². The molecular formula is C17H30N6O. The van der Waals surface area contributed by atoms with E-state index in [-0.39, 0.29) is 12.1 Å². The lowest BCUT2D eigenvalue weighted by molar-refractivity contribution is 0.0138. The number of rotatable bonds is 4. The molecule has 0 aromatic carbocycles. The highest BCUT2D eigenvalue weighted by Gasteiger charge is 2.33. The van der Waals surface area contributed by atoms with Crippen LogP contribution in [0, 0.1) is 0 Å². The molecule has 0 aliphatic carbocycles. The molecule has 0 unspecified atom stereocenters. The van der Waals surface area contributed by atoms with Crippen molar-refractivity contribution in [2.45, 2.75) is 38.5 Å². The fourth-order valence-corrected chi connectivity index (χ4v) is 3.60. The van der Waals surface area contributed by atoms with Crippen molar-refractivity contribution < 1.29 is 5.11 Å². The van der Waals surface area contributed by atoms with E-state index in [0.29, 0.717) is 12.6 Å². The minimum atomic E-state index is -0.335.